The van der Waals surface area contributed by atoms with Crippen LogP contribution in [0.1, 0.15) is 18.7 Å². The van der Waals surface area contributed by atoms with Gasteiger partial charge in [0.25, 0.3) is 0 Å². The number of halogens is 1. The molecule has 0 fully saturated rings. The van der Waals surface area contributed by atoms with Crippen LogP contribution in [0, 0.1) is 22.5 Å². The number of amides is 1. The average Bonchev–Trinajstić information content (AvgIpc) is 2.77. The summed E-state index contributed by atoms with van der Waals surface area (Å²) in [6.45, 7) is 2.02. The zero-order valence-electron chi connectivity index (χ0n) is 11.5. The number of nitro groups is 1. The third-order valence-electron chi connectivity index (χ3n) is 3.67. The fourth-order valence-corrected chi connectivity index (χ4v) is 3.26. The van der Waals surface area contributed by atoms with Gasteiger partial charge in [0.2, 0.25) is 5.91 Å². The number of carbonyl (C=O) groups excluding carboxylic acids is 1. The molecule has 0 radical (unpaired) electrons. The number of hydrogen-bond donors (Lipinski definition) is 1. The topological polar surface area (TPSA) is 104 Å². The number of nitrogens with zero attached hydrogens (tertiary/aromatic N) is 3. The van der Waals surface area contributed by atoms with Crippen LogP contribution in [0.5, 0.6) is 0 Å². The van der Waals surface area contributed by atoms with Crippen LogP contribution in [0.4, 0.5) is 5.82 Å². The Labute approximate surface area is 135 Å². The minimum absolute atomic E-state index is 0.0721. The Morgan fingerprint density at radius 3 is 2.95 bits per heavy atom. The van der Waals surface area contributed by atoms with Crippen LogP contribution in [-0.2, 0) is 11.3 Å². The van der Waals surface area contributed by atoms with Gasteiger partial charge >= 0.3 is 5.82 Å². The largest absolute Gasteiger partial charge is 0.369 e. The summed E-state index contributed by atoms with van der Waals surface area (Å²) in [4.78, 5) is 26.3. The highest BCUT2D eigenvalue weighted by Crippen LogP contribution is 2.36. The molecule has 2 rings (SSSR count). The molecule has 112 valence electrons. The molecule has 1 aromatic heterocycles. The number of primary amides is 1. The summed E-state index contributed by atoms with van der Waals surface area (Å²) in [5, 5.41) is 11.0. The van der Waals surface area contributed by atoms with E-state index in [9.17, 15) is 14.9 Å². The fourth-order valence-electron chi connectivity index (χ4n) is 2.41. The Morgan fingerprint density at radius 1 is 1.67 bits per heavy atom. The molecule has 0 spiro atoms. The monoisotopic (exact) mass is 402 g/mol. The van der Waals surface area contributed by atoms with Crippen molar-refractivity contribution in [3.8, 4) is 0 Å². The lowest BCUT2D eigenvalue weighted by atomic mass is 9.78. The van der Waals surface area contributed by atoms with Crippen molar-refractivity contribution in [2.45, 2.75) is 26.3 Å². The molecule has 1 unspecified atom stereocenters. The van der Waals surface area contributed by atoms with Crippen LogP contribution in [-0.4, -0.2) is 20.4 Å². The van der Waals surface area contributed by atoms with Gasteiger partial charge in [0.15, 0.2) is 5.82 Å². The van der Waals surface area contributed by atoms with Gasteiger partial charge in [-0.15, -0.1) is 0 Å². The first-order chi connectivity index (χ1) is 9.85. The van der Waals surface area contributed by atoms with Gasteiger partial charge in [-0.2, -0.15) is 0 Å². The Balaban J connectivity index is 2.25. The van der Waals surface area contributed by atoms with E-state index in [1.54, 1.807) is 6.92 Å². The van der Waals surface area contributed by atoms with Crippen molar-refractivity contribution in [2.75, 3.05) is 0 Å². The molecule has 1 atom stereocenters. The molecule has 1 amide bonds. The first-order valence-corrected chi connectivity index (χ1v) is 7.45. The van der Waals surface area contributed by atoms with E-state index in [-0.39, 0.29) is 5.82 Å². The molecule has 0 bridgehead atoms. The van der Waals surface area contributed by atoms with E-state index in [0.29, 0.717) is 25.2 Å². The second kappa shape index (κ2) is 5.96. The number of carbonyl (C=O) groups is 1. The van der Waals surface area contributed by atoms with Gasteiger partial charge in [0, 0.05) is 16.9 Å². The van der Waals surface area contributed by atoms with Crippen LogP contribution < -0.4 is 5.73 Å². The van der Waals surface area contributed by atoms with Gasteiger partial charge in [0.1, 0.15) is 6.20 Å². The third kappa shape index (κ3) is 3.14. The number of imidazole rings is 1. The summed E-state index contributed by atoms with van der Waals surface area (Å²) in [5.41, 5.74) is 4.76. The third-order valence-corrected chi connectivity index (χ3v) is 4.34. The van der Waals surface area contributed by atoms with Crippen LogP contribution in [0.2, 0.25) is 0 Å². The van der Waals surface area contributed by atoms with Crippen molar-refractivity contribution in [3.63, 3.8) is 0 Å². The van der Waals surface area contributed by atoms with Gasteiger partial charge in [0.05, 0.1) is 12.0 Å². The summed E-state index contributed by atoms with van der Waals surface area (Å²) in [5.74, 6) is 0.0601. The normalized spacial score (nSPS) is 21.1. The smallest absolute Gasteiger partial charge is 0.342 e. The van der Waals surface area contributed by atoms with Crippen molar-refractivity contribution >= 4 is 34.3 Å². The van der Waals surface area contributed by atoms with Gasteiger partial charge in [-0.1, -0.05) is 18.2 Å². The molecular weight excluding hydrogens is 387 g/mol. The van der Waals surface area contributed by atoms with E-state index >= 15 is 0 Å². The summed E-state index contributed by atoms with van der Waals surface area (Å²) >= 11 is 2.13. The minimum Gasteiger partial charge on any atom is -0.369 e. The van der Waals surface area contributed by atoms with E-state index in [0.717, 1.165) is 3.58 Å². The molecule has 0 aromatic carbocycles. The SMILES string of the molecule is Cc1ncc([N+](=O)[O-])n1CCC1(C(N)=O)C=C(I)C=CC1. The number of aromatic nitrogens is 2. The average molecular weight is 402 g/mol. The number of allylic oxidation sites excluding steroid dienone is 3. The standard InChI is InChI=1S/C13H15IN4O3/c1-9-16-8-11(18(20)21)17(9)6-5-13(12(15)19)4-2-3-10(14)7-13/h2-3,7-8H,4-6H2,1H3,(H2,15,19). The van der Waals surface area contributed by atoms with E-state index in [1.807, 2.05) is 18.2 Å². The zero-order valence-corrected chi connectivity index (χ0v) is 13.6. The van der Waals surface area contributed by atoms with Crippen molar-refractivity contribution in [1.82, 2.24) is 9.55 Å². The summed E-state index contributed by atoms with van der Waals surface area (Å²) in [6.07, 6.45) is 7.81. The lowest BCUT2D eigenvalue weighted by molar-refractivity contribution is -0.392. The molecule has 0 saturated heterocycles. The van der Waals surface area contributed by atoms with E-state index < -0.39 is 16.2 Å². The Kier molecular flexibility index (Phi) is 4.45. The Bertz CT molecular complexity index is 650. The second-order valence-electron chi connectivity index (χ2n) is 4.98. The Hall–Kier alpha value is -1.71. The van der Waals surface area contributed by atoms with Crippen LogP contribution >= 0.6 is 22.6 Å². The molecule has 0 saturated carbocycles. The number of rotatable bonds is 5. The number of hydrogen-bond acceptors (Lipinski definition) is 4. The lowest BCUT2D eigenvalue weighted by Gasteiger charge is -2.28. The lowest BCUT2D eigenvalue weighted by Crippen LogP contribution is -2.37. The molecule has 21 heavy (non-hydrogen) atoms. The van der Waals surface area contributed by atoms with Crippen molar-refractivity contribution in [3.05, 3.63) is 43.9 Å². The molecule has 7 nitrogen and oxygen atoms in total. The fraction of sp³-hybridized carbons (Fsp3) is 0.385. The van der Waals surface area contributed by atoms with Crippen LogP contribution in [0.3, 0.4) is 0 Å². The zero-order chi connectivity index (χ0) is 15.6. The van der Waals surface area contributed by atoms with Gasteiger partial charge in [-0.3, -0.25) is 4.79 Å². The number of aryl methyl sites for hydroxylation is 1. The quantitative estimate of drug-likeness (QED) is 0.463. The van der Waals surface area contributed by atoms with Gasteiger partial charge in [-0.25, -0.2) is 9.55 Å². The van der Waals surface area contributed by atoms with Gasteiger partial charge < -0.3 is 15.8 Å². The predicted molar refractivity (Wildman–Crippen MR) is 85.7 cm³/mol. The van der Waals surface area contributed by atoms with E-state index in [4.69, 9.17) is 5.73 Å². The highest BCUT2D eigenvalue weighted by atomic mass is 127. The molecule has 8 heteroatoms. The predicted octanol–water partition coefficient (Wildman–Crippen LogP) is 2.24. The van der Waals surface area contributed by atoms with Crippen molar-refractivity contribution < 1.29 is 9.72 Å². The molecule has 2 N–H and O–H groups in total. The van der Waals surface area contributed by atoms with Crippen LogP contribution in [0.15, 0.2) is 28.0 Å². The molecule has 1 heterocycles. The maximum absolute atomic E-state index is 11.9. The van der Waals surface area contributed by atoms with Crippen LogP contribution in [0.25, 0.3) is 0 Å². The highest BCUT2D eigenvalue weighted by Gasteiger charge is 2.36. The summed E-state index contributed by atoms with van der Waals surface area (Å²) in [7, 11) is 0. The molecule has 1 aliphatic rings. The molecule has 0 aliphatic heterocycles. The van der Waals surface area contributed by atoms with E-state index in [2.05, 4.69) is 27.6 Å². The molecule has 1 aliphatic carbocycles. The second-order valence-corrected chi connectivity index (χ2v) is 6.22. The molecule has 1 aromatic rings. The maximum Gasteiger partial charge on any atom is 0.342 e. The number of nitrogens with two attached hydrogens (primary N) is 1. The van der Waals surface area contributed by atoms with E-state index in [1.165, 1.54) is 10.8 Å². The molecular formula is C13H15IN4O3. The first-order valence-electron chi connectivity index (χ1n) is 6.37. The Morgan fingerprint density at radius 2 is 2.38 bits per heavy atom. The maximum atomic E-state index is 11.9. The highest BCUT2D eigenvalue weighted by molar-refractivity contribution is 14.1. The minimum atomic E-state index is -0.796. The van der Waals surface area contributed by atoms with Crippen molar-refractivity contribution in [2.24, 2.45) is 11.1 Å². The van der Waals surface area contributed by atoms with Crippen molar-refractivity contribution in [1.29, 1.82) is 0 Å². The first kappa shape index (κ1) is 15.7. The summed E-state index contributed by atoms with van der Waals surface area (Å²) < 4.78 is 2.44. The summed E-state index contributed by atoms with van der Waals surface area (Å²) in [6, 6.07) is 0. The van der Waals surface area contributed by atoms with Gasteiger partial charge in [-0.05, 0) is 33.9 Å².